The van der Waals surface area contributed by atoms with Gasteiger partial charge in [0, 0.05) is 6.04 Å². The van der Waals surface area contributed by atoms with E-state index in [1.807, 2.05) is 33.8 Å². The van der Waals surface area contributed by atoms with Crippen molar-refractivity contribution in [3.05, 3.63) is 12.2 Å². The average Bonchev–Trinajstić information content (AvgIpc) is 1.81. The smallest absolute Gasteiger partial charge is 0.308 e. The Balaban J connectivity index is 3.88. The van der Waals surface area contributed by atoms with E-state index in [0.29, 0.717) is 0 Å². The summed E-state index contributed by atoms with van der Waals surface area (Å²) in [5.74, 6) is -0.252. The summed E-state index contributed by atoms with van der Waals surface area (Å²) in [7, 11) is 0. The molecule has 1 atom stereocenters. The van der Waals surface area contributed by atoms with Crippen LogP contribution in [0.5, 0.6) is 0 Å². The number of ether oxygens (including phenoxy) is 1. The molecule has 0 radical (unpaired) electrons. The number of carbonyl (C=O) groups excluding carboxylic acids is 1. The molecule has 0 rings (SSSR count). The van der Waals surface area contributed by atoms with Crippen LogP contribution in [0.15, 0.2) is 12.2 Å². The van der Waals surface area contributed by atoms with Gasteiger partial charge in [-0.05, 0) is 27.7 Å². The first-order valence-electron chi connectivity index (χ1n) is 4.45. The van der Waals surface area contributed by atoms with Crippen LogP contribution in [-0.4, -0.2) is 17.6 Å². The summed E-state index contributed by atoms with van der Waals surface area (Å²) in [6, 6.07) is -0.236. The van der Waals surface area contributed by atoms with Crippen molar-refractivity contribution >= 4 is 5.97 Å². The van der Waals surface area contributed by atoms with Crippen molar-refractivity contribution in [2.75, 3.05) is 0 Å². The van der Waals surface area contributed by atoms with Crippen LogP contribution in [0.4, 0.5) is 0 Å². The maximum absolute atomic E-state index is 11.2. The van der Waals surface area contributed by atoms with Gasteiger partial charge in [-0.2, -0.15) is 0 Å². The quantitative estimate of drug-likeness (QED) is 0.537. The Kier molecular flexibility index (Phi) is 4.70. The third-order valence-corrected chi connectivity index (χ3v) is 1.26. The lowest BCUT2D eigenvalue weighted by Crippen LogP contribution is -2.28. The largest absolute Gasteiger partial charge is 0.460 e. The van der Waals surface area contributed by atoms with E-state index < -0.39 is 5.60 Å². The van der Waals surface area contributed by atoms with Crippen molar-refractivity contribution in [1.82, 2.24) is 0 Å². The molecule has 13 heavy (non-hydrogen) atoms. The summed E-state index contributed by atoms with van der Waals surface area (Å²) < 4.78 is 5.10. The first-order valence-corrected chi connectivity index (χ1v) is 4.45. The van der Waals surface area contributed by atoms with Gasteiger partial charge in [-0.1, -0.05) is 12.2 Å². The zero-order valence-electron chi connectivity index (χ0n) is 8.83. The Bertz CT molecular complexity index is 192. The first-order chi connectivity index (χ1) is 5.85. The van der Waals surface area contributed by atoms with Gasteiger partial charge in [0.2, 0.25) is 0 Å². The van der Waals surface area contributed by atoms with Crippen LogP contribution in [0.3, 0.4) is 0 Å². The predicted molar refractivity (Wildman–Crippen MR) is 53.3 cm³/mol. The minimum Gasteiger partial charge on any atom is -0.460 e. The molecule has 0 amide bonds. The van der Waals surface area contributed by atoms with Crippen LogP contribution in [0, 0.1) is 0 Å². The maximum Gasteiger partial charge on any atom is 0.308 e. The molecule has 0 fully saturated rings. The highest BCUT2D eigenvalue weighted by atomic mass is 16.6. The highest BCUT2D eigenvalue weighted by Gasteiger charge is 2.17. The lowest BCUT2D eigenvalue weighted by molar-refractivity contribution is -0.154. The summed E-state index contributed by atoms with van der Waals surface area (Å²) in [5, 5.41) is 0. The molecule has 0 aliphatic rings. The highest BCUT2D eigenvalue weighted by Crippen LogP contribution is 2.08. The molecule has 0 unspecified atom stereocenters. The summed E-state index contributed by atoms with van der Waals surface area (Å²) in [6.07, 6.45) is 3.85. The molecule has 0 saturated heterocycles. The fraction of sp³-hybridized carbons (Fsp3) is 0.700. The van der Waals surface area contributed by atoms with E-state index in [1.54, 1.807) is 6.08 Å². The number of rotatable bonds is 3. The Morgan fingerprint density at radius 3 is 2.46 bits per heavy atom. The molecule has 76 valence electrons. The van der Waals surface area contributed by atoms with Crippen molar-refractivity contribution < 1.29 is 9.53 Å². The molecular weight excluding hydrogens is 166 g/mol. The molecule has 0 aliphatic heterocycles. The van der Waals surface area contributed by atoms with Crippen molar-refractivity contribution in [3.8, 4) is 0 Å². The van der Waals surface area contributed by atoms with Gasteiger partial charge in [-0.25, -0.2) is 0 Å². The minimum absolute atomic E-state index is 0.236. The zero-order valence-corrected chi connectivity index (χ0v) is 8.83. The van der Waals surface area contributed by atoms with E-state index in [0.717, 1.165) is 0 Å². The number of esters is 1. The van der Waals surface area contributed by atoms with Crippen LogP contribution >= 0.6 is 0 Å². The van der Waals surface area contributed by atoms with Crippen LogP contribution in [-0.2, 0) is 9.53 Å². The van der Waals surface area contributed by atoms with Crippen LogP contribution in [0.1, 0.15) is 34.1 Å². The molecule has 2 N–H and O–H groups in total. The molecule has 0 spiro atoms. The Hall–Kier alpha value is -0.830. The van der Waals surface area contributed by atoms with Gasteiger partial charge in [-0.3, -0.25) is 4.79 Å². The normalized spacial score (nSPS) is 14.5. The number of hydrogen-bond donors (Lipinski definition) is 1. The topological polar surface area (TPSA) is 52.3 Å². The number of hydrogen-bond acceptors (Lipinski definition) is 3. The van der Waals surface area contributed by atoms with E-state index in [4.69, 9.17) is 10.5 Å². The predicted octanol–water partition coefficient (Wildman–Crippen LogP) is 1.62. The second kappa shape index (κ2) is 5.02. The standard InChI is InChI=1S/C10H19NO2/c1-5-6-8(11)7-9(12)13-10(2,3)4/h5-6,8H,7,11H2,1-4H3/t8-/m1/s1. The van der Waals surface area contributed by atoms with Gasteiger partial charge in [0.15, 0.2) is 0 Å². The summed E-state index contributed by atoms with van der Waals surface area (Å²) in [5.41, 5.74) is 5.19. The number of nitrogens with two attached hydrogens (primary N) is 1. The van der Waals surface area contributed by atoms with Crippen molar-refractivity contribution in [2.45, 2.75) is 45.8 Å². The van der Waals surface area contributed by atoms with E-state index in [-0.39, 0.29) is 18.4 Å². The van der Waals surface area contributed by atoms with Crippen LogP contribution in [0.25, 0.3) is 0 Å². The molecule has 3 nitrogen and oxygen atoms in total. The second-order valence-electron chi connectivity index (χ2n) is 3.98. The van der Waals surface area contributed by atoms with Gasteiger partial charge < -0.3 is 10.5 Å². The fourth-order valence-electron chi connectivity index (χ4n) is 0.891. The number of carbonyl (C=O) groups is 1. The van der Waals surface area contributed by atoms with E-state index in [1.165, 1.54) is 0 Å². The van der Waals surface area contributed by atoms with Gasteiger partial charge in [-0.15, -0.1) is 0 Å². The first kappa shape index (κ1) is 12.2. The van der Waals surface area contributed by atoms with Gasteiger partial charge in [0.1, 0.15) is 5.60 Å². The third kappa shape index (κ3) is 7.53. The average molecular weight is 185 g/mol. The Labute approximate surface area is 79.9 Å². The number of allylic oxidation sites excluding steroid dienone is 1. The van der Waals surface area contributed by atoms with Gasteiger partial charge in [0.25, 0.3) is 0 Å². The molecule has 3 heteroatoms. The molecular formula is C10H19NO2. The van der Waals surface area contributed by atoms with Crippen LogP contribution in [0.2, 0.25) is 0 Å². The SMILES string of the molecule is CC=C[C@@H](N)CC(=O)OC(C)(C)C. The monoisotopic (exact) mass is 185 g/mol. The maximum atomic E-state index is 11.2. The summed E-state index contributed by atoms with van der Waals surface area (Å²) in [4.78, 5) is 11.2. The summed E-state index contributed by atoms with van der Waals surface area (Å²) >= 11 is 0. The zero-order chi connectivity index (χ0) is 10.5. The molecule has 0 bridgehead atoms. The Morgan fingerprint density at radius 2 is 2.08 bits per heavy atom. The second-order valence-corrected chi connectivity index (χ2v) is 3.98. The molecule has 0 aromatic rings. The van der Waals surface area contributed by atoms with Gasteiger partial charge >= 0.3 is 5.97 Å². The molecule has 0 aliphatic carbocycles. The molecule has 0 heterocycles. The van der Waals surface area contributed by atoms with E-state index in [2.05, 4.69) is 0 Å². The lowest BCUT2D eigenvalue weighted by atomic mass is 10.1. The van der Waals surface area contributed by atoms with Crippen molar-refractivity contribution in [2.24, 2.45) is 5.73 Å². The minimum atomic E-state index is -0.424. The Morgan fingerprint density at radius 1 is 1.54 bits per heavy atom. The van der Waals surface area contributed by atoms with Crippen molar-refractivity contribution in [3.63, 3.8) is 0 Å². The van der Waals surface area contributed by atoms with E-state index in [9.17, 15) is 4.79 Å². The van der Waals surface area contributed by atoms with Crippen LogP contribution < -0.4 is 5.73 Å². The molecule has 0 saturated carbocycles. The highest BCUT2D eigenvalue weighted by molar-refractivity contribution is 5.70. The van der Waals surface area contributed by atoms with Crippen molar-refractivity contribution in [1.29, 1.82) is 0 Å². The fourth-order valence-corrected chi connectivity index (χ4v) is 0.891. The molecule has 0 aromatic carbocycles. The summed E-state index contributed by atoms with van der Waals surface area (Å²) in [6.45, 7) is 7.39. The van der Waals surface area contributed by atoms with E-state index >= 15 is 0 Å². The van der Waals surface area contributed by atoms with Gasteiger partial charge in [0.05, 0.1) is 6.42 Å². The molecule has 0 aromatic heterocycles. The lowest BCUT2D eigenvalue weighted by Gasteiger charge is -2.20. The third-order valence-electron chi connectivity index (χ3n) is 1.26.